The SMILES string of the molecule is CCCCCCCOc1ccc(S(=O)(=O)N2CCOCC2)cc1C. The largest absolute Gasteiger partial charge is 0.493 e. The van der Waals surface area contributed by atoms with E-state index in [1.807, 2.05) is 6.92 Å². The fourth-order valence-electron chi connectivity index (χ4n) is 2.77. The molecule has 1 saturated heterocycles. The maximum atomic E-state index is 12.6. The summed E-state index contributed by atoms with van der Waals surface area (Å²) in [4.78, 5) is 0.331. The predicted octanol–water partition coefficient (Wildman–Crippen LogP) is 3.37. The first-order chi connectivity index (χ1) is 11.6. The van der Waals surface area contributed by atoms with Crippen molar-refractivity contribution in [3.05, 3.63) is 23.8 Å². The highest BCUT2D eigenvalue weighted by molar-refractivity contribution is 7.89. The Hall–Kier alpha value is -1.11. The first-order valence-corrected chi connectivity index (χ1v) is 10.3. The molecule has 1 aromatic carbocycles. The molecule has 6 heteroatoms. The lowest BCUT2D eigenvalue weighted by molar-refractivity contribution is 0.0730. The normalized spacial score (nSPS) is 16.2. The molecule has 0 atom stereocenters. The molecule has 0 N–H and O–H groups in total. The van der Waals surface area contributed by atoms with Crippen LogP contribution < -0.4 is 4.74 Å². The summed E-state index contributed by atoms with van der Waals surface area (Å²) in [6.45, 7) is 6.51. The number of morpholine rings is 1. The summed E-state index contributed by atoms with van der Waals surface area (Å²) in [7, 11) is -3.44. The smallest absolute Gasteiger partial charge is 0.243 e. The lowest BCUT2D eigenvalue weighted by Gasteiger charge is -2.26. The van der Waals surface area contributed by atoms with Crippen molar-refractivity contribution >= 4 is 10.0 Å². The third-order valence-corrected chi connectivity index (χ3v) is 6.15. The number of sulfonamides is 1. The topological polar surface area (TPSA) is 55.8 Å². The maximum absolute atomic E-state index is 12.6. The highest BCUT2D eigenvalue weighted by Crippen LogP contribution is 2.24. The number of rotatable bonds is 9. The van der Waals surface area contributed by atoms with E-state index in [-0.39, 0.29) is 0 Å². The van der Waals surface area contributed by atoms with Crippen LogP contribution in [0.4, 0.5) is 0 Å². The zero-order chi connectivity index (χ0) is 17.4. The van der Waals surface area contributed by atoms with Gasteiger partial charge in [0.25, 0.3) is 0 Å². The molecule has 2 rings (SSSR count). The van der Waals surface area contributed by atoms with Gasteiger partial charge in [0.05, 0.1) is 24.7 Å². The Morgan fingerprint density at radius 2 is 1.83 bits per heavy atom. The molecule has 1 heterocycles. The van der Waals surface area contributed by atoms with Crippen molar-refractivity contribution in [1.29, 1.82) is 0 Å². The Kier molecular flexibility index (Phi) is 7.52. The van der Waals surface area contributed by atoms with Crippen LogP contribution >= 0.6 is 0 Å². The second-order valence-corrected chi connectivity index (χ2v) is 8.14. The summed E-state index contributed by atoms with van der Waals surface area (Å²) in [5, 5.41) is 0. The molecule has 1 aromatic rings. The Morgan fingerprint density at radius 3 is 2.50 bits per heavy atom. The van der Waals surface area contributed by atoms with Gasteiger partial charge in [-0.05, 0) is 37.1 Å². The number of nitrogens with zero attached hydrogens (tertiary/aromatic N) is 1. The standard InChI is InChI=1S/C18H29NO4S/c1-3-4-5-6-7-12-23-18-9-8-17(15-16(18)2)24(20,21)19-10-13-22-14-11-19/h8-9,15H,3-7,10-14H2,1-2H3. The van der Waals surface area contributed by atoms with Crippen molar-refractivity contribution < 1.29 is 17.9 Å². The number of hydrogen-bond acceptors (Lipinski definition) is 4. The number of benzene rings is 1. The van der Waals surface area contributed by atoms with Crippen LogP contribution in [0.2, 0.25) is 0 Å². The number of aryl methyl sites for hydroxylation is 1. The van der Waals surface area contributed by atoms with Crippen LogP contribution in [-0.2, 0) is 14.8 Å². The van der Waals surface area contributed by atoms with Gasteiger partial charge in [0, 0.05) is 13.1 Å². The number of hydrogen-bond donors (Lipinski definition) is 0. The second kappa shape index (κ2) is 9.39. The molecule has 24 heavy (non-hydrogen) atoms. The van der Waals surface area contributed by atoms with Gasteiger partial charge < -0.3 is 9.47 Å². The van der Waals surface area contributed by atoms with Crippen molar-refractivity contribution in [3.63, 3.8) is 0 Å². The average molecular weight is 356 g/mol. The molecule has 0 radical (unpaired) electrons. The quantitative estimate of drug-likeness (QED) is 0.637. The van der Waals surface area contributed by atoms with Crippen LogP contribution in [0.1, 0.15) is 44.6 Å². The fraction of sp³-hybridized carbons (Fsp3) is 0.667. The molecule has 1 aliphatic heterocycles. The third-order valence-electron chi connectivity index (χ3n) is 4.26. The molecule has 136 valence electrons. The first kappa shape index (κ1) is 19.2. The summed E-state index contributed by atoms with van der Waals surface area (Å²) < 4.78 is 37.8. The van der Waals surface area contributed by atoms with Gasteiger partial charge in [-0.1, -0.05) is 32.6 Å². The van der Waals surface area contributed by atoms with E-state index in [9.17, 15) is 8.42 Å². The van der Waals surface area contributed by atoms with Crippen LogP contribution in [0.3, 0.4) is 0 Å². The zero-order valence-corrected chi connectivity index (χ0v) is 15.6. The van der Waals surface area contributed by atoms with Crippen LogP contribution in [0, 0.1) is 6.92 Å². The van der Waals surface area contributed by atoms with E-state index in [4.69, 9.17) is 9.47 Å². The van der Waals surface area contributed by atoms with Gasteiger partial charge in [-0.2, -0.15) is 4.31 Å². The molecule has 0 saturated carbocycles. The van der Waals surface area contributed by atoms with Crippen LogP contribution in [-0.4, -0.2) is 45.6 Å². The molecular formula is C18H29NO4S. The zero-order valence-electron chi connectivity index (χ0n) is 14.8. The minimum atomic E-state index is -3.44. The number of unbranched alkanes of at least 4 members (excludes halogenated alkanes) is 4. The number of ether oxygens (including phenoxy) is 2. The summed E-state index contributed by atoms with van der Waals surface area (Å²) in [6.07, 6.45) is 5.96. The van der Waals surface area contributed by atoms with Gasteiger partial charge >= 0.3 is 0 Å². The molecule has 1 aliphatic rings. The van der Waals surface area contributed by atoms with Crippen molar-refractivity contribution in [1.82, 2.24) is 4.31 Å². The van der Waals surface area contributed by atoms with Gasteiger partial charge in [0.1, 0.15) is 5.75 Å². The van der Waals surface area contributed by atoms with Crippen LogP contribution in [0.25, 0.3) is 0 Å². The molecule has 0 spiro atoms. The molecule has 1 fully saturated rings. The minimum Gasteiger partial charge on any atom is -0.493 e. The molecular weight excluding hydrogens is 326 g/mol. The Balaban J connectivity index is 1.93. The highest BCUT2D eigenvalue weighted by Gasteiger charge is 2.26. The Morgan fingerprint density at radius 1 is 1.12 bits per heavy atom. The van der Waals surface area contributed by atoms with Crippen molar-refractivity contribution in [2.24, 2.45) is 0 Å². The van der Waals surface area contributed by atoms with E-state index in [0.717, 1.165) is 17.7 Å². The first-order valence-electron chi connectivity index (χ1n) is 8.87. The van der Waals surface area contributed by atoms with Crippen LogP contribution in [0.15, 0.2) is 23.1 Å². The maximum Gasteiger partial charge on any atom is 0.243 e. The highest BCUT2D eigenvalue weighted by atomic mass is 32.2. The molecule has 5 nitrogen and oxygen atoms in total. The van der Waals surface area contributed by atoms with Crippen LogP contribution in [0.5, 0.6) is 5.75 Å². The molecule has 0 unspecified atom stereocenters. The van der Waals surface area contributed by atoms with E-state index >= 15 is 0 Å². The van der Waals surface area contributed by atoms with Gasteiger partial charge in [-0.3, -0.25) is 0 Å². The minimum absolute atomic E-state index is 0.331. The molecule has 0 aromatic heterocycles. The van der Waals surface area contributed by atoms with E-state index < -0.39 is 10.0 Å². The lowest BCUT2D eigenvalue weighted by atomic mass is 10.2. The summed E-state index contributed by atoms with van der Waals surface area (Å²) in [5.41, 5.74) is 0.859. The fourth-order valence-corrected chi connectivity index (χ4v) is 4.26. The summed E-state index contributed by atoms with van der Waals surface area (Å²) in [5.74, 6) is 0.770. The predicted molar refractivity (Wildman–Crippen MR) is 95.0 cm³/mol. The second-order valence-electron chi connectivity index (χ2n) is 6.21. The van der Waals surface area contributed by atoms with Crippen molar-refractivity contribution in [2.45, 2.75) is 50.8 Å². The molecule has 0 aliphatic carbocycles. The Labute approximate surface area is 146 Å². The summed E-state index contributed by atoms with van der Waals surface area (Å²) >= 11 is 0. The van der Waals surface area contributed by atoms with Crippen molar-refractivity contribution in [3.8, 4) is 5.75 Å². The average Bonchev–Trinajstić information content (AvgIpc) is 2.60. The van der Waals surface area contributed by atoms with Gasteiger partial charge in [0.2, 0.25) is 10.0 Å². The monoisotopic (exact) mass is 355 g/mol. The third kappa shape index (κ3) is 5.19. The van der Waals surface area contributed by atoms with Gasteiger partial charge in [-0.25, -0.2) is 8.42 Å². The Bertz CT molecular complexity index is 609. The van der Waals surface area contributed by atoms with Crippen molar-refractivity contribution in [2.75, 3.05) is 32.9 Å². The lowest BCUT2D eigenvalue weighted by Crippen LogP contribution is -2.40. The van der Waals surface area contributed by atoms with Gasteiger partial charge in [0.15, 0.2) is 0 Å². The van der Waals surface area contributed by atoms with E-state index in [1.54, 1.807) is 18.2 Å². The molecule has 0 amide bonds. The van der Waals surface area contributed by atoms with E-state index in [1.165, 1.54) is 30.0 Å². The summed E-state index contributed by atoms with van der Waals surface area (Å²) in [6, 6.07) is 5.12. The molecule has 0 bridgehead atoms. The van der Waals surface area contributed by atoms with Gasteiger partial charge in [-0.15, -0.1) is 0 Å². The van der Waals surface area contributed by atoms with E-state index in [0.29, 0.717) is 37.8 Å². The van der Waals surface area contributed by atoms with E-state index in [2.05, 4.69) is 6.92 Å².